The second kappa shape index (κ2) is 4.79. The van der Waals surface area contributed by atoms with Crippen LogP contribution in [0.4, 0.5) is 0 Å². The summed E-state index contributed by atoms with van der Waals surface area (Å²) in [5.74, 6) is 1.22. The van der Waals surface area contributed by atoms with E-state index in [1.807, 2.05) is 0 Å². The topological polar surface area (TPSA) is 18.5 Å². The van der Waals surface area contributed by atoms with Crippen LogP contribution in [0.25, 0.3) is 0 Å². The fraction of sp³-hybridized carbons (Fsp3) is 1.00. The molecule has 18 heavy (non-hydrogen) atoms. The second-order valence-electron chi connectivity index (χ2n) is 7.78. The Balaban J connectivity index is 2.17. The van der Waals surface area contributed by atoms with Crippen LogP contribution in [0.15, 0.2) is 0 Å². The van der Waals surface area contributed by atoms with Crippen LogP contribution in [0, 0.1) is 17.3 Å². The van der Waals surface area contributed by atoms with E-state index in [4.69, 9.17) is 9.47 Å². The molecular weight excluding hydrogens is 224 g/mol. The van der Waals surface area contributed by atoms with Crippen LogP contribution in [0.2, 0.25) is 0 Å². The molecule has 0 aromatic heterocycles. The molecular formula is C16H30O2. The molecule has 0 spiro atoms. The minimum Gasteiger partial charge on any atom is -0.349 e. The van der Waals surface area contributed by atoms with Crippen molar-refractivity contribution in [1.82, 2.24) is 0 Å². The van der Waals surface area contributed by atoms with E-state index in [2.05, 4.69) is 41.5 Å². The lowest BCUT2D eigenvalue weighted by molar-refractivity contribution is -0.307. The first-order valence-electron chi connectivity index (χ1n) is 7.54. The highest BCUT2D eigenvalue weighted by Crippen LogP contribution is 2.48. The molecule has 1 aliphatic heterocycles. The molecule has 0 amide bonds. The van der Waals surface area contributed by atoms with Gasteiger partial charge in [-0.25, -0.2) is 0 Å². The van der Waals surface area contributed by atoms with Crippen LogP contribution in [0.1, 0.15) is 67.2 Å². The van der Waals surface area contributed by atoms with Crippen LogP contribution in [0.3, 0.4) is 0 Å². The highest BCUT2D eigenvalue weighted by atomic mass is 16.7. The highest BCUT2D eigenvalue weighted by molar-refractivity contribution is 4.91. The van der Waals surface area contributed by atoms with Gasteiger partial charge in [0, 0.05) is 12.3 Å². The van der Waals surface area contributed by atoms with E-state index in [1.54, 1.807) is 0 Å². The maximum absolute atomic E-state index is 6.27. The number of hydrogen-bond donors (Lipinski definition) is 0. The van der Waals surface area contributed by atoms with E-state index in [1.165, 1.54) is 19.3 Å². The van der Waals surface area contributed by atoms with Gasteiger partial charge in [0.2, 0.25) is 0 Å². The average molecular weight is 254 g/mol. The van der Waals surface area contributed by atoms with Crippen molar-refractivity contribution in [3.8, 4) is 0 Å². The predicted molar refractivity (Wildman–Crippen MR) is 74.4 cm³/mol. The van der Waals surface area contributed by atoms with Gasteiger partial charge in [0.15, 0.2) is 6.29 Å². The highest BCUT2D eigenvalue weighted by Gasteiger charge is 2.47. The van der Waals surface area contributed by atoms with Gasteiger partial charge in [-0.3, -0.25) is 0 Å². The summed E-state index contributed by atoms with van der Waals surface area (Å²) in [6.45, 7) is 13.7. The summed E-state index contributed by atoms with van der Waals surface area (Å²) in [6.07, 6.45) is 5.23. The first-order chi connectivity index (χ1) is 8.21. The third kappa shape index (κ3) is 2.91. The molecule has 106 valence electrons. The van der Waals surface area contributed by atoms with Crippen molar-refractivity contribution in [1.29, 1.82) is 0 Å². The summed E-state index contributed by atoms with van der Waals surface area (Å²) >= 11 is 0. The molecule has 2 heteroatoms. The van der Waals surface area contributed by atoms with Crippen molar-refractivity contribution in [2.45, 2.75) is 85.2 Å². The smallest absolute Gasteiger partial charge is 0.162 e. The zero-order chi connectivity index (χ0) is 13.6. The molecule has 2 fully saturated rings. The van der Waals surface area contributed by atoms with Gasteiger partial charge in [0.25, 0.3) is 0 Å². The number of ether oxygens (including phenoxy) is 2. The Morgan fingerprint density at radius 3 is 2.28 bits per heavy atom. The maximum atomic E-state index is 6.27. The van der Waals surface area contributed by atoms with Crippen molar-refractivity contribution in [2.24, 2.45) is 17.3 Å². The lowest BCUT2D eigenvalue weighted by Crippen LogP contribution is -2.52. The maximum Gasteiger partial charge on any atom is 0.162 e. The molecule has 1 aliphatic carbocycles. The lowest BCUT2D eigenvalue weighted by atomic mass is 9.63. The van der Waals surface area contributed by atoms with Gasteiger partial charge in [-0.05, 0) is 38.5 Å². The standard InChI is InChI=1S/C16H30O2/c1-11-8-7-9-15(3,4)13(11)14-17-12(2)10-16(5,6)18-14/h11-14H,7-10H2,1-6H3. The Bertz CT molecular complexity index is 295. The van der Waals surface area contributed by atoms with E-state index < -0.39 is 0 Å². The SMILES string of the molecule is CC1CC(C)(C)OC(C2C(C)CCCC2(C)C)O1. The molecule has 2 rings (SSSR count). The first-order valence-corrected chi connectivity index (χ1v) is 7.54. The van der Waals surface area contributed by atoms with Crippen LogP contribution in [-0.4, -0.2) is 18.0 Å². The average Bonchev–Trinajstić information content (AvgIpc) is 2.11. The van der Waals surface area contributed by atoms with Crippen molar-refractivity contribution in [3.63, 3.8) is 0 Å². The van der Waals surface area contributed by atoms with Gasteiger partial charge in [0.05, 0.1) is 11.7 Å². The summed E-state index contributed by atoms with van der Waals surface area (Å²) < 4.78 is 12.4. The van der Waals surface area contributed by atoms with Crippen molar-refractivity contribution in [2.75, 3.05) is 0 Å². The van der Waals surface area contributed by atoms with Crippen molar-refractivity contribution in [3.05, 3.63) is 0 Å². The summed E-state index contributed by atoms with van der Waals surface area (Å²) in [5.41, 5.74) is 0.283. The summed E-state index contributed by atoms with van der Waals surface area (Å²) in [4.78, 5) is 0. The van der Waals surface area contributed by atoms with Crippen LogP contribution in [0.5, 0.6) is 0 Å². The van der Waals surface area contributed by atoms with E-state index >= 15 is 0 Å². The summed E-state index contributed by atoms with van der Waals surface area (Å²) in [7, 11) is 0. The van der Waals surface area contributed by atoms with Gasteiger partial charge in [0.1, 0.15) is 0 Å². The molecule has 1 saturated carbocycles. The number of rotatable bonds is 1. The fourth-order valence-corrected chi connectivity index (χ4v) is 4.15. The normalized spacial score (nSPS) is 43.7. The van der Waals surface area contributed by atoms with Crippen LogP contribution >= 0.6 is 0 Å². The van der Waals surface area contributed by atoms with Gasteiger partial charge in [-0.15, -0.1) is 0 Å². The Kier molecular flexibility index (Phi) is 3.81. The van der Waals surface area contributed by atoms with Crippen LogP contribution in [-0.2, 0) is 9.47 Å². The minimum atomic E-state index is -0.0461. The Labute approximate surface area is 112 Å². The molecule has 0 aromatic rings. The number of hydrogen-bond acceptors (Lipinski definition) is 2. The third-order valence-corrected chi connectivity index (χ3v) is 4.87. The van der Waals surface area contributed by atoms with E-state index in [0.29, 0.717) is 23.4 Å². The fourth-order valence-electron chi connectivity index (χ4n) is 4.15. The molecule has 2 nitrogen and oxygen atoms in total. The molecule has 4 unspecified atom stereocenters. The zero-order valence-corrected chi connectivity index (χ0v) is 13.0. The van der Waals surface area contributed by atoms with Gasteiger partial charge >= 0.3 is 0 Å². The zero-order valence-electron chi connectivity index (χ0n) is 13.0. The molecule has 4 atom stereocenters. The van der Waals surface area contributed by atoms with Gasteiger partial charge in [-0.2, -0.15) is 0 Å². The molecule has 2 aliphatic rings. The molecule has 0 aromatic carbocycles. The second-order valence-corrected chi connectivity index (χ2v) is 7.78. The largest absolute Gasteiger partial charge is 0.349 e. The Morgan fingerprint density at radius 1 is 1.06 bits per heavy atom. The monoisotopic (exact) mass is 254 g/mol. The lowest BCUT2D eigenvalue weighted by Gasteiger charge is -2.51. The molecule has 0 radical (unpaired) electrons. The first kappa shape index (κ1) is 14.3. The Hall–Kier alpha value is -0.0800. The van der Waals surface area contributed by atoms with E-state index in [-0.39, 0.29) is 11.9 Å². The van der Waals surface area contributed by atoms with E-state index in [9.17, 15) is 0 Å². The Morgan fingerprint density at radius 2 is 1.72 bits per heavy atom. The molecule has 1 saturated heterocycles. The summed E-state index contributed by atoms with van der Waals surface area (Å²) in [5, 5.41) is 0. The molecule has 0 bridgehead atoms. The van der Waals surface area contributed by atoms with E-state index in [0.717, 1.165) is 6.42 Å². The van der Waals surface area contributed by atoms with Crippen LogP contribution < -0.4 is 0 Å². The summed E-state index contributed by atoms with van der Waals surface area (Å²) in [6, 6.07) is 0. The molecule has 1 heterocycles. The minimum absolute atomic E-state index is 0.0194. The van der Waals surface area contributed by atoms with Gasteiger partial charge in [-0.1, -0.05) is 33.6 Å². The predicted octanol–water partition coefficient (Wildman–Crippen LogP) is 4.38. The van der Waals surface area contributed by atoms with Crippen molar-refractivity contribution < 1.29 is 9.47 Å². The van der Waals surface area contributed by atoms with Gasteiger partial charge < -0.3 is 9.47 Å². The quantitative estimate of drug-likeness (QED) is 0.691. The third-order valence-electron chi connectivity index (χ3n) is 4.87. The van der Waals surface area contributed by atoms with Crippen molar-refractivity contribution >= 4 is 0 Å². The molecule has 0 N–H and O–H groups in total.